The Morgan fingerprint density at radius 3 is 0.693 bits per heavy atom. The molecule has 0 aliphatic heterocycles. The standard InChI is InChI=1S/C78H156NO8P/c1-3-5-7-9-11-13-15-17-19-21-23-25-27-29-31-33-35-37-38-39-41-43-45-47-49-51-53-55-57-59-61-63-65-67-69-71-78(81)87-76(75-86-88(82,83)85-73-72-79)74-84-77(80)70-68-66-64-62-60-58-56-54-52-50-48-46-44-42-40-36-34-32-30-28-26-24-22-20-18-16-14-12-10-8-6-4-2/h76H,3-75,79H2,1-2H3,(H,82,83). The lowest BCUT2D eigenvalue weighted by Gasteiger charge is -2.19. The van der Waals surface area contributed by atoms with E-state index in [4.69, 9.17) is 24.3 Å². The number of hydrogen-bond acceptors (Lipinski definition) is 8. The summed E-state index contributed by atoms with van der Waals surface area (Å²) in [4.78, 5) is 35.4. The first-order valence-corrected chi connectivity index (χ1v) is 41.5. The van der Waals surface area contributed by atoms with E-state index in [-0.39, 0.29) is 32.1 Å². The number of ether oxygens (including phenoxy) is 2. The number of hydrogen-bond donors (Lipinski definition) is 2. The Morgan fingerprint density at radius 2 is 0.489 bits per heavy atom. The Balaban J connectivity index is 3.72. The van der Waals surface area contributed by atoms with E-state index in [9.17, 15) is 19.0 Å². The second-order valence-corrected chi connectivity index (χ2v) is 29.1. The van der Waals surface area contributed by atoms with Crippen molar-refractivity contribution in [1.29, 1.82) is 0 Å². The molecule has 0 aliphatic carbocycles. The molecule has 0 radical (unpaired) electrons. The molecule has 10 heteroatoms. The first kappa shape index (κ1) is 87.0. The minimum atomic E-state index is -4.39. The van der Waals surface area contributed by atoms with Gasteiger partial charge in [-0.2, -0.15) is 0 Å². The van der Waals surface area contributed by atoms with Gasteiger partial charge in [0.15, 0.2) is 6.10 Å². The van der Waals surface area contributed by atoms with Crippen LogP contribution in [0.15, 0.2) is 0 Å². The minimum Gasteiger partial charge on any atom is -0.462 e. The fourth-order valence-corrected chi connectivity index (χ4v) is 13.6. The van der Waals surface area contributed by atoms with E-state index < -0.39 is 26.5 Å². The predicted octanol–water partition coefficient (Wildman–Crippen LogP) is 26.5. The third-order valence-electron chi connectivity index (χ3n) is 18.7. The van der Waals surface area contributed by atoms with Gasteiger partial charge in [-0.25, -0.2) is 4.57 Å². The summed E-state index contributed by atoms with van der Waals surface area (Å²) in [5.74, 6) is -0.794. The number of rotatable bonds is 78. The summed E-state index contributed by atoms with van der Waals surface area (Å²) in [6, 6.07) is 0. The lowest BCUT2D eigenvalue weighted by Crippen LogP contribution is -2.29. The molecule has 88 heavy (non-hydrogen) atoms. The van der Waals surface area contributed by atoms with Gasteiger partial charge in [-0.05, 0) is 12.8 Å². The van der Waals surface area contributed by atoms with Crippen molar-refractivity contribution < 1.29 is 37.6 Å². The van der Waals surface area contributed by atoms with Gasteiger partial charge in [0, 0.05) is 19.4 Å². The maximum Gasteiger partial charge on any atom is 0.472 e. The Kier molecular flexibility index (Phi) is 74.2. The van der Waals surface area contributed by atoms with Crippen molar-refractivity contribution in [2.45, 2.75) is 463 Å². The van der Waals surface area contributed by atoms with E-state index in [1.165, 1.54) is 392 Å². The number of phosphoric ester groups is 1. The Labute approximate surface area is 549 Å². The van der Waals surface area contributed by atoms with Crippen LogP contribution in [0.2, 0.25) is 0 Å². The van der Waals surface area contributed by atoms with E-state index in [0.717, 1.165) is 32.1 Å². The third-order valence-corrected chi connectivity index (χ3v) is 19.7. The van der Waals surface area contributed by atoms with Crippen LogP contribution >= 0.6 is 7.82 Å². The molecule has 0 aromatic heterocycles. The van der Waals surface area contributed by atoms with Crippen LogP contribution in [0, 0.1) is 0 Å². The van der Waals surface area contributed by atoms with Gasteiger partial charge in [-0.1, -0.05) is 431 Å². The van der Waals surface area contributed by atoms with Gasteiger partial charge in [0.05, 0.1) is 13.2 Å². The first-order valence-electron chi connectivity index (χ1n) is 40.0. The van der Waals surface area contributed by atoms with Crippen molar-refractivity contribution in [3.63, 3.8) is 0 Å². The van der Waals surface area contributed by atoms with Crippen LogP contribution in [0.4, 0.5) is 0 Å². The average Bonchev–Trinajstić information content (AvgIpc) is 3.62. The second kappa shape index (κ2) is 75.0. The highest BCUT2D eigenvalue weighted by Crippen LogP contribution is 2.43. The van der Waals surface area contributed by atoms with E-state index in [1.54, 1.807) is 0 Å². The fourth-order valence-electron chi connectivity index (χ4n) is 12.8. The highest BCUT2D eigenvalue weighted by Gasteiger charge is 2.26. The summed E-state index contributed by atoms with van der Waals surface area (Å²) in [6.45, 7) is 3.86. The summed E-state index contributed by atoms with van der Waals surface area (Å²) in [5, 5.41) is 0. The molecule has 0 rings (SSSR count). The quantitative estimate of drug-likeness (QED) is 0.0347. The Hall–Kier alpha value is -0.990. The fraction of sp³-hybridized carbons (Fsp3) is 0.974. The van der Waals surface area contributed by atoms with E-state index in [1.807, 2.05) is 0 Å². The first-order chi connectivity index (χ1) is 43.3. The van der Waals surface area contributed by atoms with Crippen LogP contribution in [-0.2, 0) is 32.7 Å². The average molecular weight is 1270 g/mol. The molecule has 0 heterocycles. The molecule has 0 fully saturated rings. The van der Waals surface area contributed by atoms with Gasteiger partial charge in [0.25, 0.3) is 0 Å². The zero-order valence-corrected chi connectivity index (χ0v) is 60.4. The van der Waals surface area contributed by atoms with Crippen molar-refractivity contribution in [2.75, 3.05) is 26.4 Å². The number of carbonyl (C=O) groups excluding carboxylic acids is 2. The van der Waals surface area contributed by atoms with E-state index in [0.29, 0.717) is 12.8 Å². The van der Waals surface area contributed by atoms with Crippen molar-refractivity contribution in [3.8, 4) is 0 Å². The zero-order valence-electron chi connectivity index (χ0n) is 59.5. The van der Waals surface area contributed by atoms with Crippen LogP contribution in [0.5, 0.6) is 0 Å². The Morgan fingerprint density at radius 1 is 0.295 bits per heavy atom. The van der Waals surface area contributed by atoms with Gasteiger partial charge in [-0.3, -0.25) is 18.6 Å². The van der Waals surface area contributed by atoms with Crippen LogP contribution in [0.3, 0.4) is 0 Å². The minimum absolute atomic E-state index is 0.0590. The molecule has 0 saturated heterocycles. The van der Waals surface area contributed by atoms with Crippen molar-refractivity contribution >= 4 is 19.8 Å². The molecule has 2 atom stereocenters. The largest absolute Gasteiger partial charge is 0.472 e. The summed E-state index contributed by atoms with van der Waals surface area (Å²) in [6.07, 6.45) is 91.2. The zero-order chi connectivity index (χ0) is 63.7. The highest BCUT2D eigenvalue weighted by molar-refractivity contribution is 7.47. The molecule has 0 saturated carbocycles. The van der Waals surface area contributed by atoms with Crippen molar-refractivity contribution in [3.05, 3.63) is 0 Å². The molecular formula is C78H156NO8P. The molecule has 2 unspecified atom stereocenters. The number of unbranched alkanes of at least 4 members (excludes halogenated alkanes) is 65. The smallest absolute Gasteiger partial charge is 0.462 e. The number of nitrogens with two attached hydrogens (primary N) is 1. The second-order valence-electron chi connectivity index (χ2n) is 27.7. The number of phosphoric acid groups is 1. The summed E-state index contributed by atoms with van der Waals surface area (Å²) in [7, 11) is -4.39. The number of esters is 2. The van der Waals surface area contributed by atoms with E-state index in [2.05, 4.69) is 13.8 Å². The molecular weight excluding hydrogens is 1110 g/mol. The molecule has 0 aliphatic rings. The molecule has 0 amide bonds. The lowest BCUT2D eigenvalue weighted by molar-refractivity contribution is -0.161. The highest BCUT2D eigenvalue weighted by atomic mass is 31.2. The normalized spacial score (nSPS) is 12.7. The van der Waals surface area contributed by atoms with Crippen molar-refractivity contribution in [2.24, 2.45) is 5.73 Å². The molecule has 526 valence electrons. The van der Waals surface area contributed by atoms with Crippen LogP contribution in [-0.4, -0.2) is 49.3 Å². The monoisotopic (exact) mass is 1270 g/mol. The maximum absolute atomic E-state index is 12.8. The van der Waals surface area contributed by atoms with Crippen LogP contribution in [0.1, 0.15) is 457 Å². The lowest BCUT2D eigenvalue weighted by atomic mass is 10.0. The molecule has 9 nitrogen and oxygen atoms in total. The van der Waals surface area contributed by atoms with Gasteiger partial charge < -0.3 is 20.1 Å². The van der Waals surface area contributed by atoms with Gasteiger partial charge >= 0.3 is 19.8 Å². The summed E-state index contributed by atoms with van der Waals surface area (Å²) in [5.41, 5.74) is 5.42. The number of carbonyl (C=O) groups is 2. The van der Waals surface area contributed by atoms with E-state index >= 15 is 0 Å². The summed E-state index contributed by atoms with van der Waals surface area (Å²) >= 11 is 0. The SMILES string of the molecule is CCCCCCCCCCCCCCCCCCCCCCCCCCCCCCCCCCCCCC(=O)OC(COC(=O)CCCCCCCCCCCCCCCCCCCCCCCCCCCCCCCCCC)COP(=O)(O)OCCN. The third kappa shape index (κ3) is 74.1. The topological polar surface area (TPSA) is 134 Å². The summed E-state index contributed by atoms with van der Waals surface area (Å²) < 4.78 is 33.3. The molecule has 0 aromatic carbocycles. The van der Waals surface area contributed by atoms with Gasteiger partial charge in [0.2, 0.25) is 0 Å². The van der Waals surface area contributed by atoms with Crippen molar-refractivity contribution in [1.82, 2.24) is 0 Å². The van der Waals surface area contributed by atoms with Gasteiger partial charge in [-0.15, -0.1) is 0 Å². The maximum atomic E-state index is 12.8. The van der Waals surface area contributed by atoms with Gasteiger partial charge in [0.1, 0.15) is 6.61 Å². The Bertz CT molecular complexity index is 1400. The predicted molar refractivity (Wildman–Crippen MR) is 382 cm³/mol. The molecule has 0 spiro atoms. The van der Waals surface area contributed by atoms with Crippen LogP contribution < -0.4 is 5.73 Å². The molecule has 0 bridgehead atoms. The molecule has 3 N–H and O–H groups in total. The molecule has 0 aromatic rings. The van der Waals surface area contributed by atoms with Crippen LogP contribution in [0.25, 0.3) is 0 Å².